The average molecular weight is 468 g/mol. The molecule has 0 fully saturated rings. The van der Waals surface area contributed by atoms with Gasteiger partial charge in [0.25, 0.3) is 0 Å². The van der Waals surface area contributed by atoms with Gasteiger partial charge in [0.2, 0.25) is 0 Å². The van der Waals surface area contributed by atoms with E-state index in [1.165, 1.54) is 0 Å². The SMILES string of the molecule is O=C1c2cc(Br)ccc2Cc2cc3c(cc21)C(=O)c1cc(Br)ccc1C3. The van der Waals surface area contributed by atoms with Crippen LogP contribution >= 0.6 is 31.9 Å². The summed E-state index contributed by atoms with van der Waals surface area (Å²) in [5.74, 6) is -0.00335. The third-order valence-electron chi connectivity index (χ3n) is 5.21. The number of ketones is 2. The lowest BCUT2D eigenvalue weighted by atomic mass is 9.78. The standard InChI is InChI=1S/C22H12Br2O2/c23-15-3-1-11-5-13-7-14-6-12-2-4-16(24)9-18(12)22(26)20(14)10-19(13)21(25)17(11)8-15/h1-4,7-10H,5-6H2. The molecule has 3 aromatic rings. The van der Waals surface area contributed by atoms with Gasteiger partial charge < -0.3 is 0 Å². The highest BCUT2D eigenvalue weighted by atomic mass is 79.9. The van der Waals surface area contributed by atoms with Crippen molar-refractivity contribution >= 4 is 43.4 Å². The van der Waals surface area contributed by atoms with E-state index < -0.39 is 0 Å². The van der Waals surface area contributed by atoms with E-state index in [0.29, 0.717) is 11.1 Å². The summed E-state index contributed by atoms with van der Waals surface area (Å²) >= 11 is 6.88. The maximum Gasteiger partial charge on any atom is 0.193 e. The lowest BCUT2D eigenvalue weighted by molar-refractivity contribution is 0.103. The third-order valence-corrected chi connectivity index (χ3v) is 6.20. The normalized spacial score (nSPS) is 14.4. The first-order chi connectivity index (χ1) is 12.5. The van der Waals surface area contributed by atoms with Crippen LogP contribution in [0.1, 0.15) is 54.1 Å². The smallest absolute Gasteiger partial charge is 0.193 e. The van der Waals surface area contributed by atoms with Crippen molar-refractivity contribution < 1.29 is 9.59 Å². The molecule has 126 valence electrons. The molecule has 5 rings (SSSR count). The summed E-state index contributed by atoms with van der Waals surface area (Å²) in [6.45, 7) is 0. The Morgan fingerprint density at radius 3 is 1.42 bits per heavy atom. The second-order valence-corrected chi connectivity index (χ2v) is 8.61. The van der Waals surface area contributed by atoms with Crippen LogP contribution in [-0.2, 0) is 12.8 Å². The second kappa shape index (κ2) is 5.73. The average Bonchev–Trinajstić information content (AvgIpc) is 2.62. The van der Waals surface area contributed by atoms with Crippen LogP contribution in [0.25, 0.3) is 0 Å². The number of rotatable bonds is 0. The highest BCUT2D eigenvalue weighted by molar-refractivity contribution is 9.10. The van der Waals surface area contributed by atoms with Gasteiger partial charge in [0, 0.05) is 31.2 Å². The van der Waals surface area contributed by atoms with Gasteiger partial charge in [0.05, 0.1) is 0 Å². The molecule has 0 saturated heterocycles. The van der Waals surface area contributed by atoms with Gasteiger partial charge in [-0.3, -0.25) is 9.59 Å². The van der Waals surface area contributed by atoms with E-state index in [-0.39, 0.29) is 11.6 Å². The predicted octanol–water partition coefficient (Wildman–Crippen LogP) is 5.48. The summed E-state index contributed by atoms with van der Waals surface area (Å²) in [4.78, 5) is 26.0. The fourth-order valence-electron chi connectivity index (χ4n) is 3.94. The van der Waals surface area contributed by atoms with E-state index in [1.54, 1.807) is 0 Å². The molecule has 0 heterocycles. The molecule has 2 nitrogen and oxygen atoms in total. The van der Waals surface area contributed by atoms with Crippen molar-refractivity contribution in [3.8, 4) is 0 Å². The molecular formula is C22H12Br2O2. The molecule has 0 aromatic heterocycles. The van der Waals surface area contributed by atoms with Crippen LogP contribution < -0.4 is 0 Å². The van der Waals surface area contributed by atoms with Crippen molar-refractivity contribution in [2.75, 3.05) is 0 Å². The minimum atomic E-state index is -0.00168. The fourth-order valence-corrected chi connectivity index (χ4v) is 4.66. The summed E-state index contributed by atoms with van der Waals surface area (Å²) in [7, 11) is 0. The molecule has 3 aromatic carbocycles. The lowest BCUT2D eigenvalue weighted by Gasteiger charge is -2.24. The molecule has 0 unspecified atom stereocenters. The molecule has 4 heteroatoms. The number of benzene rings is 3. The summed E-state index contributed by atoms with van der Waals surface area (Å²) in [5, 5.41) is 0. The van der Waals surface area contributed by atoms with E-state index in [2.05, 4.69) is 37.9 Å². The van der Waals surface area contributed by atoms with E-state index >= 15 is 0 Å². The summed E-state index contributed by atoms with van der Waals surface area (Å²) in [6, 6.07) is 15.5. The Morgan fingerprint density at radius 2 is 0.962 bits per heavy atom. The Hall–Kier alpha value is -2.04. The Morgan fingerprint density at radius 1 is 0.538 bits per heavy atom. The van der Waals surface area contributed by atoms with Crippen molar-refractivity contribution in [1.82, 2.24) is 0 Å². The van der Waals surface area contributed by atoms with Crippen molar-refractivity contribution in [1.29, 1.82) is 0 Å². The monoisotopic (exact) mass is 466 g/mol. The minimum absolute atomic E-state index is 0.00168. The predicted molar refractivity (Wildman–Crippen MR) is 107 cm³/mol. The van der Waals surface area contributed by atoms with E-state index in [9.17, 15) is 9.59 Å². The molecule has 0 aliphatic heterocycles. The highest BCUT2D eigenvalue weighted by Gasteiger charge is 2.29. The van der Waals surface area contributed by atoms with E-state index in [0.717, 1.165) is 55.2 Å². The zero-order chi connectivity index (χ0) is 18.0. The van der Waals surface area contributed by atoms with Crippen LogP contribution in [0.2, 0.25) is 0 Å². The first-order valence-electron chi connectivity index (χ1n) is 8.33. The summed E-state index contributed by atoms with van der Waals surface area (Å²) in [5.41, 5.74) is 6.85. The largest absolute Gasteiger partial charge is 0.289 e. The summed E-state index contributed by atoms with van der Waals surface area (Å²) in [6.07, 6.45) is 1.44. The molecule has 0 N–H and O–H groups in total. The van der Waals surface area contributed by atoms with Crippen LogP contribution in [0, 0.1) is 0 Å². The maximum atomic E-state index is 13.0. The van der Waals surface area contributed by atoms with Gasteiger partial charge in [-0.15, -0.1) is 0 Å². The molecule has 26 heavy (non-hydrogen) atoms. The minimum Gasteiger partial charge on any atom is -0.289 e. The first kappa shape index (κ1) is 16.2. The number of carbonyl (C=O) groups excluding carboxylic acids is 2. The first-order valence-corrected chi connectivity index (χ1v) is 9.92. The number of fused-ring (bicyclic) bond motifs is 4. The molecule has 0 atom stereocenters. The molecule has 0 spiro atoms. The molecule has 0 bridgehead atoms. The van der Waals surface area contributed by atoms with Crippen molar-refractivity contribution in [2.45, 2.75) is 12.8 Å². The Kier molecular flexibility index (Phi) is 3.56. The molecule has 0 radical (unpaired) electrons. The van der Waals surface area contributed by atoms with Crippen molar-refractivity contribution in [3.63, 3.8) is 0 Å². The Bertz CT molecular complexity index is 1060. The van der Waals surface area contributed by atoms with E-state index in [1.807, 2.05) is 42.5 Å². The Labute approximate surface area is 167 Å². The fraction of sp³-hybridized carbons (Fsp3) is 0.0909. The number of hydrogen-bond acceptors (Lipinski definition) is 2. The topological polar surface area (TPSA) is 34.1 Å². The zero-order valence-electron chi connectivity index (χ0n) is 13.6. The van der Waals surface area contributed by atoms with Gasteiger partial charge in [-0.25, -0.2) is 0 Å². The van der Waals surface area contributed by atoms with Crippen molar-refractivity contribution in [2.24, 2.45) is 0 Å². The van der Waals surface area contributed by atoms with Crippen LogP contribution in [0.5, 0.6) is 0 Å². The van der Waals surface area contributed by atoms with Crippen LogP contribution in [0.3, 0.4) is 0 Å². The highest BCUT2D eigenvalue weighted by Crippen LogP contribution is 2.35. The molecule has 2 aliphatic carbocycles. The number of hydrogen-bond donors (Lipinski definition) is 0. The van der Waals surface area contributed by atoms with E-state index in [4.69, 9.17) is 0 Å². The van der Waals surface area contributed by atoms with Crippen molar-refractivity contribution in [3.05, 3.63) is 102 Å². The molecule has 2 aliphatic rings. The zero-order valence-corrected chi connectivity index (χ0v) is 16.8. The molecule has 0 saturated carbocycles. The van der Waals surface area contributed by atoms with Crippen LogP contribution in [-0.4, -0.2) is 11.6 Å². The van der Waals surface area contributed by atoms with Gasteiger partial charge in [-0.2, -0.15) is 0 Å². The second-order valence-electron chi connectivity index (χ2n) is 6.78. The third kappa shape index (κ3) is 2.36. The van der Waals surface area contributed by atoms with Gasteiger partial charge in [0.1, 0.15) is 0 Å². The molecular weight excluding hydrogens is 456 g/mol. The number of halogens is 2. The van der Waals surface area contributed by atoms with Crippen LogP contribution in [0.15, 0.2) is 57.5 Å². The van der Waals surface area contributed by atoms with Gasteiger partial charge in [-0.05, 0) is 65.4 Å². The summed E-state index contributed by atoms with van der Waals surface area (Å²) < 4.78 is 1.78. The van der Waals surface area contributed by atoms with Gasteiger partial charge >= 0.3 is 0 Å². The molecule has 0 amide bonds. The quantitative estimate of drug-likeness (QED) is 0.302. The van der Waals surface area contributed by atoms with Gasteiger partial charge in [0.15, 0.2) is 11.6 Å². The van der Waals surface area contributed by atoms with Crippen LogP contribution in [0.4, 0.5) is 0 Å². The number of carbonyl (C=O) groups is 2. The maximum absolute atomic E-state index is 13.0. The van der Waals surface area contributed by atoms with Gasteiger partial charge in [-0.1, -0.05) is 50.1 Å². The Balaban J connectivity index is 1.67. The lowest BCUT2D eigenvalue weighted by Crippen LogP contribution is -2.20.